The van der Waals surface area contributed by atoms with Gasteiger partial charge in [-0.2, -0.15) is 18.3 Å². The van der Waals surface area contributed by atoms with Gasteiger partial charge in [0.05, 0.1) is 18.4 Å². The number of alkyl halides is 3. The van der Waals surface area contributed by atoms with Gasteiger partial charge in [0, 0.05) is 19.3 Å². The lowest BCUT2D eigenvalue weighted by Crippen LogP contribution is -2.19. The van der Waals surface area contributed by atoms with Crippen molar-refractivity contribution in [3.8, 4) is 11.8 Å². The van der Waals surface area contributed by atoms with Crippen LogP contribution < -0.4 is 14.8 Å². The van der Waals surface area contributed by atoms with E-state index in [0.29, 0.717) is 17.3 Å². The fourth-order valence-electron chi connectivity index (χ4n) is 1.96. The van der Waals surface area contributed by atoms with Crippen LogP contribution in [0.1, 0.15) is 16.1 Å². The standard InChI is InChI=1S/C14H15F3N4O3/c1-8-11(13(23-3)21(2)20-8)19-12(22)9-4-5-10(18-6-9)24-7-14(15,16)17/h4-6H,7H2,1-3H3,(H,19,22). The van der Waals surface area contributed by atoms with Crippen molar-refractivity contribution in [2.45, 2.75) is 13.1 Å². The van der Waals surface area contributed by atoms with E-state index >= 15 is 0 Å². The minimum absolute atomic E-state index is 0.152. The number of ether oxygens (including phenoxy) is 2. The number of halogens is 3. The van der Waals surface area contributed by atoms with Gasteiger partial charge < -0.3 is 14.8 Å². The highest BCUT2D eigenvalue weighted by Gasteiger charge is 2.28. The number of aromatic nitrogens is 3. The Morgan fingerprint density at radius 2 is 2.08 bits per heavy atom. The van der Waals surface area contributed by atoms with Gasteiger partial charge in [-0.25, -0.2) is 9.67 Å². The van der Waals surface area contributed by atoms with Crippen LogP contribution in [0.5, 0.6) is 11.8 Å². The molecule has 0 fully saturated rings. The summed E-state index contributed by atoms with van der Waals surface area (Å²) in [7, 11) is 3.11. The molecule has 0 aliphatic carbocycles. The topological polar surface area (TPSA) is 78.3 Å². The number of carbonyl (C=O) groups excluding carboxylic acids is 1. The van der Waals surface area contributed by atoms with E-state index in [1.807, 2.05) is 0 Å². The third kappa shape index (κ3) is 4.15. The van der Waals surface area contributed by atoms with Crippen molar-refractivity contribution < 1.29 is 27.4 Å². The molecule has 0 unspecified atom stereocenters. The van der Waals surface area contributed by atoms with Crippen LogP contribution >= 0.6 is 0 Å². The van der Waals surface area contributed by atoms with Gasteiger partial charge in [-0.15, -0.1) is 0 Å². The molecule has 0 aliphatic rings. The van der Waals surface area contributed by atoms with Crippen LogP contribution in [0, 0.1) is 6.92 Å². The summed E-state index contributed by atoms with van der Waals surface area (Å²) >= 11 is 0. The number of hydrogen-bond donors (Lipinski definition) is 1. The molecule has 0 atom stereocenters. The van der Waals surface area contributed by atoms with Gasteiger partial charge in [0.15, 0.2) is 6.61 Å². The van der Waals surface area contributed by atoms with Crippen LogP contribution in [0.4, 0.5) is 18.9 Å². The second kappa shape index (κ2) is 6.77. The summed E-state index contributed by atoms with van der Waals surface area (Å²) in [6, 6.07) is 2.50. The number of amides is 1. The Balaban J connectivity index is 2.08. The molecule has 2 aromatic rings. The van der Waals surface area contributed by atoms with Crippen LogP contribution in [0.2, 0.25) is 0 Å². The van der Waals surface area contributed by atoms with Crippen LogP contribution in [0.15, 0.2) is 18.3 Å². The molecular weight excluding hydrogens is 329 g/mol. The zero-order valence-corrected chi connectivity index (χ0v) is 13.1. The second-order valence-corrected chi connectivity index (χ2v) is 4.84. The number of aryl methyl sites for hydroxylation is 2. The fourth-order valence-corrected chi connectivity index (χ4v) is 1.96. The summed E-state index contributed by atoms with van der Waals surface area (Å²) in [6.45, 7) is 0.252. The van der Waals surface area contributed by atoms with Crippen LogP contribution in [0.25, 0.3) is 0 Å². The maximum absolute atomic E-state index is 12.2. The number of carbonyl (C=O) groups is 1. The number of methoxy groups -OCH3 is 1. The molecule has 2 rings (SSSR count). The second-order valence-electron chi connectivity index (χ2n) is 4.84. The molecule has 0 bridgehead atoms. The fraction of sp³-hybridized carbons (Fsp3) is 0.357. The Labute approximate surface area is 135 Å². The minimum Gasteiger partial charge on any atom is -0.480 e. The first-order chi connectivity index (χ1) is 11.2. The first-order valence-corrected chi connectivity index (χ1v) is 6.76. The lowest BCUT2D eigenvalue weighted by Gasteiger charge is -2.09. The first-order valence-electron chi connectivity index (χ1n) is 6.76. The first kappa shape index (κ1) is 17.6. The maximum atomic E-state index is 12.2. The van der Waals surface area contributed by atoms with Crippen LogP contribution in [0.3, 0.4) is 0 Å². The molecule has 0 aliphatic heterocycles. The van der Waals surface area contributed by atoms with Crippen molar-refractivity contribution in [1.82, 2.24) is 14.8 Å². The number of nitrogens with zero attached hydrogens (tertiary/aromatic N) is 3. The summed E-state index contributed by atoms with van der Waals surface area (Å²) < 4.78 is 47.3. The molecule has 2 heterocycles. The van der Waals surface area contributed by atoms with E-state index in [9.17, 15) is 18.0 Å². The van der Waals surface area contributed by atoms with Gasteiger partial charge in [-0.1, -0.05) is 0 Å². The largest absolute Gasteiger partial charge is 0.480 e. The number of nitrogens with one attached hydrogen (secondary N) is 1. The third-order valence-electron chi connectivity index (χ3n) is 2.98. The Kier molecular flexibility index (Phi) is 4.96. The molecule has 24 heavy (non-hydrogen) atoms. The van der Waals surface area contributed by atoms with E-state index in [1.165, 1.54) is 23.9 Å². The van der Waals surface area contributed by atoms with Gasteiger partial charge in [-0.05, 0) is 13.0 Å². The zero-order valence-electron chi connectivity index (χ0n) is 13.1. The number of rotatable bonds is 5. The average molecular weight is 344 g/mol. The summed E-state index contributed by atoms with van der Waals surface area (Å²) in [5.74, 6) is -0.350. The van der Waals surface area contributed by atoms with Crippen molar-refractivity contribution in [2.75, 3.05) is 19.0 Å². The lowest BCUT2D eigenvalue weighted by molar-refractivity contribution is -0.154. The SMILES string of the molecule is COc1c(NC(=O)c2ccc(OCC(F)(F)F)nc2)c(C)nn1C. The quantitative estimate of drug-likeness (QED) is 0.901. The molecule has 0 spiro atoms. The Hall–Kier alpha value is -2.78. The molecule has 0 radical (unpaired) electrons. The van der Waals surface area contributed by atoms with E-state index in [2.05, 4.69) is 20.1 Å². The van der Waals surface area contributed by atoms with Crippen molar-refractivity contribution >= 4 is 11.6 Å². The number of hydrogen-bond acceptors (Lipinski definition) is 5. The van der Waals surface area contributed by atoms with Gasteiger partial charge in [0.25, 0.3) is 5.91 Å². The lowest BCUT2D eigenvalue weighted by atomic mass is 10.2. The molecule has 0 saturated heterocycles. The summed E-state index contributed by atoms with van der Waals surface area (Å²) in [5, 5.41) is 6.76. The number of anilines is 1. The molecular formula is C14H15F3N4O3. The normalized spacial score (nSPS) is 11.2. The molecule has 0 saturated carbocycles. The summed E-state index contributed by atoms with van der Waals surface area (Å²) in [5.41, 5.74) is 1.11. The predicted octanol–water partition coefficient (Wildman–Crippen LogP) is 2.33. The van der Waals surface area contributed by atoms with Crippen LogP contribution in [-0.2, 0) is 7.05 Å². The highest BCUT2D eigenvalue weighted by molar-refractivity contribution is 6.05. The summed E-state index contributed by atoms with van der Waals surface area (Å²) in [6.07, 6.45) is -3.33. The molecule has 2 aromatic heterocycles. The van der Waals surface area contributed by atoms with E-state index in [-0.39, 0.29) is 11.4 Å². The minimum atomic E-state index is -4.45. The van der Waals surface area contributed by atoms with E-state index < -0.39 is 18.7 Å². The maximum Gasteiger partial charge on any atom is 0.422 e. The Bertz CT molecular complexity index is 726. The van der Waals surface area contributed by atoms with Crippen molar-refractivity contribution in [2.24, 2.45) is 7.05 Å². The highest BCUT2D eigenvalue weighted by atomic mass is 19.4. The average Bonchev–Trinajstić information content (AvgIpc) is 2.78. The van der Waals surface area contributed by atoms with E-state index in [1.54, 1.807) is 14.0 Å². The smallest absolute Gasteiger partial charge is 0.422 e. The molecule has 1 N–H and O–H groups in total. The summed E-state index contributed by atoms with van der Waals surface area (Å²) in [4.78, 5) is 15.9. The highest BCUT2D eigenvalue weighted by Crippen LogP contribution is 2.27. The predicted molar refractivity (Wildman–Crippen MR) is 78.2 cm³/mol. The Morgan fingerprint density at radius 1 is 1.38 bits per heavy atom. The monoisotopic (exact) mass is 344 g/mol. The van der Waals surface area contributed by atoms with E-state index in [0.717, 1.165) is 6.20 Å². The zero-order chi connectivity index (χ0) is 17.9. The molecule has 0 aromatic carbocycles. The van der Waals surface area contributed by atoms with Gasteiger partial charge in [-0.3, -0.25) is 4.79 Å². The van der Waals surface area contributed by atoms with Gasteiger partial charge >= 0.3 is 6.18 Å². The third-order valence-corrected chi connectivity index (χ3v) is 2.98. The molecule has 130 valence electrons. The van der Waals surface area contributed by atoms with Crippen molar-refractivity contribution in [1.29, 1.82) is 0 Å². The molecule has 10 heteroatoms. The van der Waals surface area contributed by atoms with E-state index in [4.69, 9.17) is 4.74 Å². The van der Waals surface area contributed by atoms with Crippen molar-refractivity contribution in [3.05, 3.63) is 29.6 Å². The Morgan fingerprint density at radius 3 is 2.62 bits per heavy atom. The van der Waals surface area contributed by atoms with Crippen LogP contribution in [-0.4, -0.2) is 40.6 Å². The molecule has 1 amide bonds. The number of pyridine rings is 1. The van der Waals surface area contributed by atoms with Gasteiger partial charge in [0.1, 0.15) is 5.69 Å². The molecule has 7 nitrogen and oxygen atoms in total. The van der Waals surface area contributed by atoms with Crippen molar-refractivity contribution in [3.63, 3.8) is 0 Å². The van der Waals surface area contributed by atoms with Gasteiger partial charge in [0.2, 0.25) is 11.8 Å².